The smallest absolute Gasteiger partial charge is 0.236 e. The molecule has 1 saturated carbocycles. The lowest BCUT2D eigenvalue weighted by Crippen LogP contribution is -2.40. The van der Waals surface area contributed by atoms with Crippen molar-refractivity contribution in [1.82, 2.24) is 10.3 Å². The Morgan fingerprint density at radius 3 is 2.96 bits per heavy atom. The van der Waals surface area contributed by atoms with E-state index < -0.39 is 0 Å². The average molecular weight is 378 g/mol. The lowest BCUT2D eigenvalue weighted by atomic mass is 10.0. The number of nitrogens with one attached hydrogen (secondary N) is 1. The maximum atomic E-state index is 12.1. The molecule has 2 heterocycles. The number of oxazole rings is 1. The molecule has 0 aromatic carbocycles. The quantitative estimate of drug-likeness (QED) is 0.838. The highest BCUT2D eigenvalue weighted by molar-refractivity contribution is 7.13. The molecule has 1 aliphatic rings. The topological polar surface area (TPSA) is 81.1 Å². The molecule has 2 aromatic rings. The first-order valence-electron chi connectivity index (χ1n) is 7.24. The molecular weight excluding hydrogens is 357 g/mol. The molecule has 3 N–H and O–H groups in total. The fourth-order valence-corrected chi connectivity index (χ4v) is 3.49. The van der Waals surface area contributed by atoms with Crippen molar-refractivity contribution in [3.8, 4) is 10.8 Å². The molecule has 2 unspecified atom stereocenters. The Morgan fingerprint density at radius 1 is 1.43 bits per heavy atom. The summed E-state index contributed by atoms with van der Waals surface area (Å²) in [6.07, 6.45) is 5.08. The van der Waals surface area contributed by atoms with Gasteiger partial charge in [-0.2, -0.15) is 0 Å². The molecule has 0 saturated heterocycles. The van der Waals surface area contributed by atoms with Crippen LogP contribution in [0.2, 0.25) is 0 Å². The van der Waals surface area contributed by atoms with Crippen LogP contribution in [0.5, 0.6) is 0 Å². The third kappa shape index (κ3) is 4.94. The van der Waals surface area contributed by atoms with Crippen molar-refractivity contribution in [2.75, 3.05) is 6.54 Å². The molecule has 3 rings (SSSR count). The summed E-state index contributed by atoms with van der Waals surface area (Å²) in [5.41, 5.74) is 6.40. The largest absolute Gasteiger partial charge is 0.444 e. The first-order chi connectivity index (χ1) is 10.3. The van der Waals surface area contributed by atoms with E-state index in [0.717, 1.165) is 24.1 Å². The van der Waals surface area contributed by atoms with E-state index in [1.165, 1.54) is 0 Å². The van der Waals surface area contributed by atoms with Crippen molar-refractivity contribution in [3.63, 3.8) is 0 Å². The Hall–Kier alpha value is -1.08. The van der Waals surface area contributed by atoms with Gasteiger partial charge in [-0.05, 0) is 36.8 Å². The predicted molar refractivity (Wildman–Crippen MR) is 96.3 cm³/mol. The van der Waals surface area contributed by atoms with Crippen LogP contribution in [0.4, 0.5) is 0 Å². The first-order valence-corrected chi connectivity index (χ1v) is 8.12. The number of halogens is 2. The number of hydrogen-bond donors (Lipinski definition) is 2. The fourth-order valence-electron chi connectivity index (χ4n) is 2.83. The van der Waals surface area contributed by atoms with Crippen LogP contribution in [0.15, 0.2) is 28.2 Å². The Bertz CT molecular complexity index is 604. The van der Waals surface area contributed by atoms with Crippen LogP contribution in [-0.4, -0.2) is 23.5 Å². The van der Waals surface area contributed by atoms with Gasteiger partial charge in [0, 0.05) is 6.04 Å². The number of nitrogens with zero attached hydrogens (tertiary/aromatic N) is 1. The Labute approximate surface area is 151 Å². The molecule has 1 aliphatic carbocycles. The minimum atomic E-state index is -0.00798. The summed E-state index contributed by atoms with van der Waals surface area (Å²) in [6, 6.07) is 4.11. The monoisotopic (exact) mass is 377 g/mol. The van der Waals surface area contributed by atoms with Crippen LogP contribution >= 0.6 is 36.2 Å². The van der Waals surface area contributed by atoms with Gasteiger partial charge in [-0.15, -0.1) is 36.2 Å². The maximum absolute atomic E-state index is 12.1. The number of thiophene rings is 1. The van der Waals surface area contributed by atoms with Crippen LogP contribution < -0.4 is 11.1 Å². The second kappa shape index (κ2) is 9.27. The van der Waals surface area contributed by atoms with E-state index in [-0.39, 0.29) is 43.2 Å². The summed E-state index contributed by atoms with van der Waals surface area (Å²) in [6.45, 7) is 0.636. The van der Waals surface area contributed by atoms with Gasteiger partial charge in [-0.3, -0.25) is 4.79 Å². The van der Waals surface area contributed by atoms with Crippen molar-refractivity contribution in [2.24, 2.45) is 11.7 Å². The van der Waals surface area contributed by atoms with Crippen LogP contribution in [0.25, 0.3) is 10.8 Å². The van der Waals surface area contributed by atoms with Gasteiger partial charge in [0.1, 0.15) is 6.26 Å². The second-order valence-corrected chi connectivity index (χ2v) is 6.35. The van der Waals surface area contributed by atoms with Crippen LogP contribution in [0.1, 0.15) is 25.0 Å². The lowest BCUT2D eigenvalue weighted by molar-refractivity contribution is -0.121. The maximum Gasteiger partial charge on any atom is 0.236 e. The fraction of sp³-hybridized carbons (Fsp3) is 0.467. The molecule has 2 aromatic heterocycles. The molecular formula is C15H21Cl2N3O2S. The van der Waals surface area contributed by atoms with E-state index in [9.17, 15) is 4.79 Å². The van der Waals surface area contributed by atoms with Gasteiger partial charge in [0.15, 0.2) is 0 Å². The normalized spacial score (nSPS) is 19.7. The summed E-state index contributed by atoms with van der Waals surface area (Å²) in [4.78, 5) is 17.4. The summed E-state index contributed by atoms with van der Waals surface area (Å²) in [7, 11) is 0. The molecule has 2 atom stereocenters. The van der Waals surface area contributed by atoms with Crippen LogP contribution in [0.3, 0.4) is 0 Å². The van der Waals surface area contributed by atoms with E-state index in [2.05, 4.69) is 10.3 Å². The zero-order chi connectivity index (χ0) is 14.7. The zero-order valence-corrected chi connectivity index (χ0v) is 15.0. The molecule has 5 nitrogen and oxygen atoms in total. The van der Waals surface area contributed by atoms with Gasteiger partial charge >= 0.3 is 0 Å². The molecule has 0 bridgehead atoms. The minimum Gasteiger partial charge on any atom is -0.444 e. The molecule has 1 fully saturated rings. The highest BCUT2D eigenvalue weighted by Crippen LogP contribution is 2.25. The Kier molecular flexibility index (Phi) is 8.05. The third-order valence-corrected chi connectivity index (χ3v) is 4.79. The Morgan fingerprint density at radius 2 is 2.26 bits per heavy atom. The van der Waals surface area contributed by atoms with Gasteiger partial charge < -0.3 is 15.5 Å². The van der Waals surface area contributed by atoms with E-state index in [1.54, 1.807) is 17.6 Å². The molecule has 0 spiro atoms. The summed E-state index contributed by atoms with van der Waals surface area (Å²) >= 11 is 1.57. The molecule has 1 amide bonds. The van der Waals surface area contributed by atoms with Gasteiger partial charge in [0.2, 0.25) is 11.8 Å². The van der Waals surface area contributed by atoms with Gasteiger partial charge in [-0.1, -0.05) is 12.5 Å². The van der Waals surface area contributed by atoms with Gasteiger partial charge in [-0.25, -0.2) is 4.98 Å². The lowest BCUT2D eigenvalue weighted by Gasteiger charge is -2.19. The minimum absolute atomic E-state index is 0. The van der Waals surface area contributed by atoms with E-state index in [4.69, 9.17) is 10.2 Å². The number of aromatic nitrogens is 1. The second-order valence-electron chi connectivity index (χ2n) is 5.40. The van der Waals surface area contributed by atoms with E-state index in [0.29, 0.717) is 24.0 Å². The standard InChI is InChI=1S/C15H19N3O2S.2ClH/c16-8-10-3-1-4-12(10)18-14(19)7-11-9-20-15(17-11)13-5-2-6-21-13;;/h2,5-6,9-10,12H,1,3-4,7-8,16H2,(H,18,19);2*1H. The molecule has 8 heteroatoms. The third-order valence-electron chi connectivity index (χ3n) is 3.93. The van der Waals surface area contributed by atoms with E-state index >= 15 is 0 Å². The van der Waals surface area contributed by atoms with Crippen molar-refractivity contribution in [2.45, 2.75) is 31.7 Å². The van der Waals surface area contributed by atoms with Crippen LogP contribution in [-0.2, 0) is 11.2 Å². The number of rotatable bonds is 5. The van der Waals surface area contributed by atoms with Crippen molar-refractivity contribution in [3.05, 3.63) is 29.5 Å². The zero-order valence-electron chi connectivity index (χ0n) is 12.6. The molecule has 0 radical (unpaired) electrons. The predicted octanol–water partition coefficient (Wildman–Crippen LogP) is 3.03. The number of amides is 1. The number of hydrogen-bond acceptors (Lipinski definition) is 5. The highest BCUT2D eigenvalue weighted by atomic mass is 35.5. The number of carbonyl (C=O) groups is 1. The SMILES string of the molecule is Cl.Cl.NCC1CCCC1NC(=O)Cc1coc(-c2cccs2)n1. The summed E-state index contributed by atoms with van der Waals surface area (Å²) < 4.78 is 5.42. The molecule has 0 aliphatic heterocycles. The molecule has 128 valence electrons. The first kappa shape index (κ1) is 20.0. The molecule has 23 heavy (non-hydrogen) atoms. The number of carbonyl (C=O) groups excluding carboxylic acids is 1. The van der Waals surface area contributed by atoms with Crippen molar-refractivity contribution in [1.29, 1.82) is 0 Å². The van der Waals surface area contributed by atoms with Gasteiger partial charge in [0.25, 0.3) is 0 Å². The van der Waals surface area contributed by atoms with Crippen molar-refractivity contribution >= 4 is 42.1 Å². The Balaban J connectivity index is 0.00000132. The summed E-state index contributed by atoms with van der Waals surface area (Å²) in [5, 5.41) is 5.05. The average Bonchev–Trinajstić information content (AvgIpc) is 3.19. The van der Waals surface area contributed by atoms with E-state index in [1.807, 2.05) is 17.5 Å². The number of nitrogens with two attached hydrogens (primary N) is 1. The highest BCUT2D eigenvalue weighted by Gasteiger charge is 2.27. The summed E-state index contributed by atoms with van der Waals surface area (Å²) in [5.74, 6) is 0.979. The van der Waals surface area contributed by atoms with Crippen LogP contribution in [0, 0.1) is 5.92 Å². The van der Waals surface area contributed by atoms with Gasteiger partial charge in [0.05, 0.1) is 17.0 Å². The van der Waals surface area contributed by atoms with Crippen molar-refractivity contribution < 1.29 is 9.21 Å².